The van der Waals surface area contributed by atoms with Gasteiger partial charge in [-0.1, -0.05) is 79.7 Å². The number of ether oxygens (including phenoxy) is 3. The van der Waals surface area contributed by atoms with Gasteiger partial charge in [-0.15, -0.1) is 25.7 Å². The Kier molecular flexibility index (Phi) is 28.8. The first-order valence-electron chi connectivity index (χ1n) is 28.4. The molecule has 3 N–H and O–H groups in total. The molecule has 22 heteroatoms. The van der Waals surface area contributed by atoms with Crippen LogP contribution in [0.5, 0.6) is 23.0 Å². The van der Waals surface area contributed by atoms with Crippen LogP contribution in [0, 0.1) is 52.2 Å². The molecular formula is C69H62N4Na2O14S2. The van der Waals surface area contributed by atoms with Gasteiger partial charge in [0, 0.05) is 40.1 Å². The van der Waals surface area contributed by atoms with Crippen molar-refractivity contribution in [3.63, 3.8) is 0 Å². The van der Waals surface area contributed by atoms with Gasteiger partial charge in [-0.3, -0.25) is 13.8 Å². The van der Waals surface area contributed by atoms with E-state index in [-0.39, 0.29) is 84.3 Å². The van der Waals surface area contributed by atoms with E-state index in [1.165, 1.54) is 0 Å². The second-order valence-corrected chi connectivity index (χ2v) is 22.9. The van der Waals surface area contributed by atoms with Crippen molar-refractivity contribution in [1.29, 1.82) is 21.0 Å². The first kappa shape index (κ1) is 73.7. The molecule has 0 bridgehead atoms. The molecule has 456 valence electrons. The first-order chi connectivity index (χ1) is 42.9. The average Bonchev–Trinajstić information content (AvgIpc) is 0.940. The summed E-state index contributed by atoms with van der Waals surface area (Å²) in [4.78, 5) is 21.3. The zero-order valence-corrected chi connectivity index (χ0v) is 56.3. The second-order valence-electron chi connectivity index (χ2n) is 20.4. The molecule has 1 saturated heterocycles. The predicted octanol–water partition coefficient (Wildman–Crippen LogP) is 6.85. The van der Waals surface area contributed by atoms with Crippen molar-refractivity contribution in [2.75, 3.05) is 38.8 Å². The van der Waals surface area contributed by atoms with Gasteiger partial charge in [-0.05, 0) is 164 Å². The predicted molar refractivity (Wildman–Crippen MR) is 343 cm³/mol. The Hall–Kier alpha value is -8.06. The maximum atomic E-state index is 10.7. The van der Waals surface area contributed by atoms with Crippen LogP contribution in [0.1, 0.15) is 93.4 Å². The summed E-state index contributed by atoms with van der Waals surface area (Å²) in [6, 6.07) is 47.2. The molecule has 10 aromatic rings. The number of benzene rings is 10. The average molecular weight is 1280 g/mol. The molecule has 0 amide bonds. The molecule has 0 saturated carbocycles. The number of nitrogens with zero attached hydrogens (tertiary/aromatic N) is 4. The Morgan fingerprint density at radius 3 is 1.13 bits per heavy atom. The van der Waals surface area contributed by atoms with Crippen LogP contribution in [0.25, 0.3) is 86.2 Å². The van der Waals surface area contributed by atoms with Crippen molar-refractivity contribution < 1.29 is 124 Å². The van der Waals surface area contributed by atoms with Gasteiger partial charge in [-0.2, -0.15) is 21.0 Å². The Morgan fingerprint density at radius 1 is 0.549 bits per heavy atom. The van der Waals surface area contributed by atoms with Gasteiger partial charge >= 0.3 is 81.7 Å². The SMILES string of the molecule is C=S1(=O)CCCO1.CC[O-].N#Cc1c(C#N)c2ccc3cc(OCCCCCC(=O)O)ccc3c2c2c1ccc1cc(O)ccc12.O=S(=O)=O.[CH2-]CCOc1ccc2c(ccc3c(C#N)c(C#N)c4ccc5cc(OCCCCCC(=O)O)ccc5c4c32)c1.[Na+].[Na+]. The standard InChI is InChI=1S/C33H27N2O4.C30H22N2O4.C4H8O2S.C2H5O.2Na.O3S/c1-2-15-38-23-9-13-25-21(17-23)7-11-27-29(19-34)30(20-35)28-12-8-22-18-24(10-14-26(22)33(28)32(25)27)39-16-5-3-4-6-31(36)37;31-16-26-24-9-5-18-14-20(33)7-11-22(18)29(24)30-23-12-8-21(36-13-3-1-2-4-28(34)35)15-19(23)6-10-25(30)27(26)17-32;1-7(5)4-2-3-6-7;1-2-3;;;1-4(2)3/h7-14,17-18H,1-6,15-16H2,(H,36,37);5-12,14-15,33H,1-4,13H2,(H,34,35);1-4H2;2H2,1H3;;;/q-1;;;-1;2*+1;. The van der Waals surface area contributed by atoms with E-state index in [9.17, 15) is 40.0 Å². The van der Waals surface area contributed by atoms with Crippen LogP contribution in [-0.2, 0) is 34.2 Å². The molecule has 1 aliphatic rings. The normalized spacial score (nSPS) is 12.8. The molecule has 0 radical (unpaired) electrons. The van der Waals surface area contributed by atoms with E-state index in [2.05, 4.69) is 37.1 Å². The number of nitriles is 4. The van der Waals surface area contributed by atoms with Crippen molar-refractivity contribution in [1.82, 2.24) is 0 Å². The number of phenols is 1. The molecule has 1 aliphatic heterocycles. The van der Waals surface area contributed by atoms with Crippen molar-refractivity contribution in [3.05, 3.63) is 151 Å². The number of hydrogen-bond acceptors (Lipinski definition) is 16. The van der Waals surface area contributed by atoms with Crippen molar-refractivity contribution in [2.45, 2.75) is 71.1 Å². The largest absolute Gasteiger partial charge is 1.00 e. The molecule has 11 rings (SSSR count). The van der Waals surface area contributed by atoms with E-state index in [4.69, 9.17) is 46.3 Å². The molecular weight excluding hydrogens is 1220 g/mol. The fourth-order valence-electron chi connectivity index (χ4n) is 10.7. The van der Waals surface area contributed by atoms with Crippen LogP contribution >= 0.6 is 0 Å². The zero-order valence-electron chi connectivity index (χ0n) is 50.7. The summed E-state index contributed by atoms with van der Waals surface area (Å²) < 4.78 is 58.4. The summed E-state index contributed by atoms with van der Waals surface area (Å²) in [7, 11) is -5.16. The third-order valence-corrected chi connectivity index (χ3v) is 15.9. The van der Waals surface area contributed by atoms with Crippen molar-refractivity contribution >= 4 is 124 Å². The van der Waals surface area contributed by atoms with Gasteiger partial charge in [0.15, 0.2) is 0 Å². The number of aliphatic carboxylic acids is 2. The summed E-state index contributed by atoms with van der Waals surface area (Å²) >= 11 is 0. The summed E-state index contributed by atoms with van der Waals surface area (Å²) in [6.07, 6.45) is 6.33. The third-order valence-electron chi connectivity index (χ3n) is 14.4. The number of fused-ring (bicyclic) bond motifs is 14. The molecule has 18 nitrogen and oxygen atoms in total. The molecule has 1 heterocycles. The van der Waals surface area contributed by atoms with Crippen molar-refractivity contribution in [3.8, 4) is 47.3 Å². The molecule has 1 unspecified atom stereocenters. The number of carboxylic acids is 2. The molecule has 10 aromatic carbocycles. The number of rotatable bonds is 17. The van der Waals surface area contributed by atoms with Crippen LogP contribution in [0.2, 0.25) is 0 Å². The molecule has 91 heavy (non-hydrogen) atoms. The van der Waals surface area contributed by atoms with E-state index < -0.39 is 32.3 Å². The summed E-state index contributed by atoms with van der Waals surface area (Å²) in [5.41, 5.74) is 1.44. The fraction of sp³-hybridized carbons (Fsp3) is 0.246. The van der Waals surface area contributed by atoms with Crippen LogP contribution in [0.15, 0.2) is 121 Å². The summed E-state index contributed by atoms with van der Waals surface area (Å²) in [5, 5.41) is 90.6. The van der Waals surface area contributed by atoms with E-state index in [1.807, 2.05) is 109 Å². The van der Waals surface area contributed by atoms with Gasteiger partial charge in [0.25, 0.3) is 0 Å². The number of carbonyl (C=O) groups is 2. The fourth-order valence-corrected chi connectivity index (χ4v) is 11.8. The quantitative estimate of drug-likeness (QED) is 0.0276. The number of phenolic OH excluding ortho intramolecular Hbond substituents is 1. The minimum absolute atomic E-state index is 0. The monoisotopic (exact) mass is 1280 g/mol. The molecule has 0 spiro atoms. The Balaban J connectivity index is 0.000000268. The molecule has 1 atom stereocenters. The maximum Gasteiger partial charge on any atom is 1.00 e. The summed E-state index contributed by atoms with van der Waals surface area (Å²) in [6.45, 7) is 7.57. The first-order valence-corrected chi connectivity index (χ1v) is 31.3. The van der Waals surface area contributed by atoms with Gasteiger partial charge < -0.3 is 41.6 Å². The van der Waals surface area contributed by atoms with Crippen LogP contribution in [0.3, 0.4) is 0 Å². The Labute approximate surface area is 572 Å². The smallest absolute Gasteiger partial charge is 0.855 e. The second kappa shape index (κ2) is 35.5. The summed E-state index contributed by atoms with van der Waals surface area (Å²) in [5.74, 6) is 4.84. The molecule has 1 fully saturated rings. The van der Waals surface area contributed by atoms with Gasteiger partial charge in [-0.25, -0.2) is 4.21 Å². The number of unbranched alkanes of at least 4 members (excludes halogenated alkanes) is 4. The van der Waals surface area contributed by atoms with E-state index in [1.54, 1.807) is 19.1 Å². The Bertz CT molecular complexity index is 4730. The number of carboxylic acid groups (broad SMARTS) is 2. The van der Waals surface area contributed by atoms with E-state index >= 15 is 0 Å². The van der Waals surface area contributed by atoms with Crippen LogP contribution in [-0.4, -0.2) is 88.8 Å². The van der Waals surface area contributed by atoms with Gasteiger partial charge in [0.05, 0.1) is 58.5 Å². The van der Waals surface area contributed by atoms with Crippen LogP contribution < -0.4 is 78.4 Å². The van der Waals surface area contributed by atoms with Crippen molar-refractivity contribution in [2.24, 2.45) is 0 Å². The topological polar surface area (TPSA) is 318 Å². The van der Waals surface area contributed by atoms with Crippen LogP contribution in [0.4, 0.5) is 0 Å². The molecule has 0 aromatic heterocycles. The maximum absolute atomic E-state index is 10.7. The van der Waals surface area contributed by atoms with E-state index in [0.717, 1.165) is 119 Å². The zero-order chi connectivity index (χ0) is 64.2. The number of hydrogen-bond donors (Lipinski definition) is 3. The minimum atomic E-state index is -3.11. The van der Waals surface area contributed by atoms with Gasteiger partial charge in [0.1, 0.15) is 47.3 Å². The third kappa shape index (κ3) is 18.8. The van der Waals surface area contributed by atoms with E-state index in [0.29, 0.717) is 90.2 Å². The minimum Gasteiger partial charge on any atom is -0.855 e. The Morgan fingerprint density at radius 2 is 0.857 bits per heavy atom. The van der Waals surface area contributed by atoms with Gasteiger partial charge in [0.2, 0.25) is 0 Å². The number of aromatic hydroxyl groups is 1. The molecule has 0 aliphatic carbocycles.